The molecule has 3 aliphatic rings. The average molecular weight is 443 g/mol. The normalized spacial score (nSPS) is 22.0. The molecule has 2 aliphatic carbocycles. The van der Waals surface area contributed by atoms with Gasteiger partial charge in [0.2, 0.25) is 0 Å². The molecule has 176 valence electrons. The summed E-state index contributed by atoms with van der Waals surface area (Å²) in [5, 5.41) is 13.8. The topological polar surface area (TPSA) is 77.4 Å². The fraction of sp³-hybridized carbons (Fsp3) is 0.680. The SMILES string of the molecule is COC(=O)c1ccc(O)c(NC(=NC2CCCCC2)N2CCN(C3CCCCC3)CC2)c1. The monoisotopic (exact) mass is 442 g/mol. The summed E-state index contributed by atoms with van der Waals surface area (Å²) in [6.07, 6.45) is 12.7. The van der Waals surface area contributed by atoms with Crippen molar-refractivity contribution < 1.29 is 14.6 Å². The van der Waals surface area contributed by atoms with Crippen molar-refractivity contribution in [3.8, 4) is 5.75 Å². The van der Waals surface area contributed by atoms with E-state index in [0.29, 0.717) is 17.3 Å². The molecule has 2 N–H and O–H groups in total. The van der Waals surface area contributed by atoms with Crippen LogP contribution < -0.4 is 5.32 Å². The number of guanidine groups is 1. The number of piperazine rings is 1. The number of hydrogen-bond donors (Lipinski definition) is 2. The minimum absolute atomic E-state index is 0.106. The molecular weight excluding hydrogens is 404 g/mol. The number of benzene rings is 1. The number of phenols is 1. The highest BCUT2D eigenvalue weighted by atomic mass is 16.5. The standard InChI is InChI=1S/C25H38N4O3/c1-32-24(31)19-12-13-23(30)22(18-19)27-25(26-20-8-4-2-5-9-20)29-16-14-28(15-17-29)21-10-6-3-7-11-21/h12-13,18,20-21,30H,2-11,14-17H2,1H3,(H,26,27). The van der Waals surface area contributed by atoms with E-state index in [4.69, 9.17) is 9.73 Å². The molecule has 32 heavy (non-hydrogen) atoms. The summed E-state index contributed by atoms with van der Waals surface area (Å²) in [5.41, 5.74) is 0.907. The maximum Gasteiger partial charge on any atom is 0.337 e. The summed E-state index contributed by atoms with van der Waals surface area (Å²) in [4.78, 5) is 22.1. The van der Waals surface area contributed by atoms with Gasteiger partial charge in [-0.05, 0) is 43.9 Å². The van der Waals surface area contributed by atoms with Gasteiger partial charge < -0.3 is 20.1 Å². The Balaban J connectivity index is 1.50. The largest absolute Gasteiger partial charge is 0.506 e. The number of esters is 1. The van der Waals surface area contributed by atoms with Crippen LogP contribution in [0.25, 0.3) is 0 Å². The summed E-state index contributed by atoms with van der Waals surface area (Å²) in [5.74, 6) is 0.507. The number of rotatable bonds is 4. The van der Waals surface area contributed by atoms with Crippen molar-refractivity contribution >= 4 is 17.6 Å². The number of carbonyl (C=O) groups is 1. The zero-order valence-electron chi connectivity index (χ0n) is 19.4. The van der Waals surface area contributed by atoms with E-state index in [2.05, 4.69) is 15.1 Å². The summed E-state index contributed by atoms with van der Waals surface area (Å²) in [7, 11) is 1.37. The highest BCUT2D eigenvalue weighted by molar-refractivity contribution is 5.97. The molecule has 0 aromatic heterocycles. The Bertz CT molecular complexity index is 792. The van der Waals surface area contributed by atoms with E-state index >= 15 is 0 Å². The predicted molar refractivity (Wildman–Crippen MR) is 127 cm³/mol. The molecule has 3 fully saturated rings. The first kappa shape index (κ1) is 22.9. The zero-order chi connectivity index (χ0) is 22.3. The Morgan fingerprint density at radius 1 is 1.00 bits per heavy atom. The molecule has 0 radical (unpaired) electrons. The van der Waals surface area contributed by atoms with Crippen LogP contribution in [-0.2, 0) is 4.74 Å². The lowest BCUT2D eigenvalue weighted by Gasteiger charge is -2.42. The lowest BCUT2D eigenvalue weighted by Crippen LogP contribution is -2.53. The van der Waals surface area contributed by atoms with Crippen LogP contribution >= 0.6 is 0 Å². The van der Waals surface area contributed by atoms with Gasteiger partial charge >= 0.3 is 5.97 Å². The third-order valence-electron chi connectivity index (χ3n) is 7.25. The van der Waals surface area contributed by atoms with Gasteiger partial charge in [0.15, 0.2) is 5.96 Å². The molecule has 7 nitrogen and oxygen atoms in total. The molecule has 0 spiro atoms. The second-order valence-electron chi connectivity index (χ2n) is 9.41. The maximum atomic E-state index is 12.0. The molecule has 0 unspecified atom stereocenters. The summed E-state index contributed by atoms with van der Waals surface area (Å²) in [6.45, 7) is 3.94. The number of carbonyl (C=O) groups excluding carboxylic acids is 1. The number of anilines is 1. The van der Waals surface area contributed by atoms with Crippen LogP contribution in [0.5, 0.6) is 5.75 Å². The molecule has 0 amide bonds. The van der Waals surface area contributed by atoms with Crippen molar-refractivity contribution in [2.24, 2.45) is 4.99 Å². The Labute approximate surface area is 191 Å². The number of hydrogen-bond acceptors (Lipinski definition) is 5. The molecule has 1 aromatic rings. The van der Waals surface area contributed by atoms with E-state index in [1.54, 1.807) is 12.1 Å². The first-order chi connectivity index (χ1) is 15.6. The Hall–Kier alpha value is -2.28. The number of ether oxygens (including phenoxy) is 1. The highest BCUT2D eigenvalue weighted by Gasteiger charge is 2.27. The van der Waals surface area contributed by atoms with Gasteiger partial charge in [-0.25, -0.2) is 9.79 Å². The van der Waals surface area contributed by atoms with Crippen LogP contribution in [0.1, 0.15) is 74.6 Å². The van der Waals surface area contributed by atoms with E-state index in [0.717, 1.165) is 51.0 Å². The molecule has 1 heterocycles. The molecule has 0 atom stereocenters. The first-order valence-electron chi connectivity index (χ1n) is 12.4. The van der Waals surface area contributed by atoms with Crippen LogP contribution in [0.3, 0.4) is 0 Å². The van der Waals surface area contributed by atoms with Crippen LogP contribution in [0.4, 0.5) is 5.69 Å². The quantitative estimate of drug-likeness (QED) is 0.315. The second-order valence-corrected chi connectivity index (χ2v) is 9.41. The molecule has 2 saturated carbocycles. The minimum atomic E-state index is -0.417. The van der Waals surface area contributed by atoms with E-state index in [1.807, 2.05) is 0 Å². The van der Waals surface area contributed by atoms with Crippen molar-refractivity contribution in [1.29, 1.82) is 0 Å². The molecular formula is C25H38N4O3. The number of nitrogens with zero attached hydrogens (tertiary/aromatic N) is 3. The lowest BCUT2D eigenvalue weighted by atomic mass is 9.94. The maximum absolute atomic E-state index is 12.0. The summed E-state index contributed by atoms with van der Waals surface area (Å²) in [6, 6.07) is 5.81. The van der Waals surface area contributed by atoms with Gasteiger partial charge in [-0.2, -0.15) is 0 Å². The Morgan fingerprint density at radius 3 is 2.31 bits per heavy atom. The smallest absolute Gasteiger partial charge is 0.337 e. The molecule has 4 rings (SSSR count). The van der Waals surface area contributed by atoms with Gasteiger partial charge in [0, 0.05) is 32.2 Å². The molecule has 7 heteroatoms. The van der Waals surface area contributed by atoms with Gasteiger partial charge in [-0.15, -0.1) is 0 Å². The second kappa shape index (κ2) is 11.0. The van der Waals surface area contributed by atoms with Crippen molar-refractivity contribution in [2.75, 3.05) is 38.6 Å². The Morgan fingerprint density at radius 2 is 1.66 bits per heavy atom. The minimum Gasteiger partial charge on any atom is -0.506 e. The van der Waals surface area contributed by atoms with Crippen LogP contribution in [0.2, 0.25) is 0 Å². The number of nitrogens with one attached hydrogen (secondary N) is 1. The third-order valence-corrected chi connectivity index (χ3v) is 7.25. The van der Waals surface area contributed by atoms with Crippen molar-refractivity contribution in [3.63, 3.8) is 0 Å². The molecule has 1 saturated heterocycles. The van der Waals surface area contributed by atoms with Crippen molar-refractivity contribution in [3.05, 3.63) is 23.8 Å². The third kappa shape index (κ3) is 5.74. The van der Waals surface area contributed by atoms with Crippen molar-refractivity contribution in [1.82, 2.24) is 9.80 Å². The summed E-state index contributed by atoms with van der Waals surface area (Å²) < 4.78 is 4.85. The number of phenolic OH excluding ortho intramolecular Hbond substituents is 1. The number of aliphatic imine (C=N–C) groups is 1. The van der Waals surface area contributed by atoms with Gasteiger partial charge in [0.1, 0.15) is 5.75 Å². The van der Waals surface area contributed by atoms with Crippen LogP contribution in [0.15, 0.2) is 23.2 Å². The fourth-order valence-corrected chi connectivity index (χ4v) is 5.32. The molecule has 0 bridgehead atoms. The lowest BCUT2D eigenvalue weighted by molar-refractivity contribution is 0.0601. The average Bonchev–Trinajstić information content (AvgIpc) is 2.85. The summed E-state index contributed by atoms with van der Waals surface area (Å²) >= 11 is 0. The number of methoxy groups -OCH3 is 1. The van der Waals surface area contributed by atoms with E-state index in [1.165, 1.54) is 64.5 Å². The first-order valence-corrected chi connectivity index (χ1v) is 12.4. The highest BCUT2D eigenvalue weighted by Crippen LogP contribution is 2.28. The van der Waals surface area contributed by atoms with Gasteiger partial charge in [0.25, 0.3) is 0 Å². The number of aromatic hydroxyl groups is 1. The van der Waals surface area contributed by atoms with Gasteiger partial charge in [-0.1, -0.05) is 38.5 Å². The van der Waals surface area contributed by atoms with Gasteiger partial charge in [0.05, 0.1) is 24.4 Å². The van der Waals surface area contributed by atoms with Gasteiger partial charge in [-0.3, -0.25) is 4.90 Å². The van der Waals surface area contributed by atoms with E-state index in [-0.39, 0.29) is 5.75 Å². The van der Waals surface area contributed by atoms with E-state index in [9.17, 15) is 9.90 Å². The van der Waals surface area contributed by atoms with Crippen LogP contribution in [0, 0.1) is 0 Å². The predicted octanol–water partition coefficient (Wildman–Crippen LogP) is 4.23. The Kier molecular flexibility index (Phi) is 7.90. The molecule has 1 aromatic carbocycles. The van der Waals surface area contributed by atoms with Crippen LogP contribution in [-0.4, -0.2) is 72.2 Å². The fourth-order valence-electron chi connectivity index (χ4n) is 5.32. The molecule has 1 aliphatic heterocycles. The van der Waals surface area contributed by atoms with Crippen molar-refractivity contribution in [2.45, 2.75) is 76.3 Å². The van der Waals surface area contributed by atoms with E-state index < -0.39 is 5.97 Å². The zero-order valence-corrected chi connectivity index (χ0v) is 19.4.